The number of nitrogens with one attached hydrogen (secondary N) is 2. The van der Waals surface area contributed by atoms with E-state index in [0.29, 0.717) is 5.56 Å². The topological polar surface area (TPSA) is 41.1 Å². The van der Waals surface area contributed by atoms with Crippen LogP contribution < -0.4 is 10.6 Å². The predicted octanol–water partition coefficient (Wildman–Crippen LogP) is 5.62. The monoisotopic (exact) mass is 516 g/mol. The zero-order valence-corrected chi connectivity index (χ0v) is 18.4. The zero-order chi connectivity index (χ0) is 17.9. The molecular weight excluding hydrogens is 500 g/mol. The summed E-state index contributed by atoms with van der Waals surface area (Å²) in [4.78, 5) is 12.5. The van der Waals surface area contributed by atoms with Crippen LogP contribution in [-0.2, 0) is 0 Å². The summed E-state index contributed by atoms with van der Waals surface area (Å²) in [6.07, 6.45) is -0.424. The summed E-state index contributed by atoms with van der Waals surface area (Å²) in [5.41, 5.74) is 4.95. The van der Waals surface area contributed by atoms with E-state index in [-0.39, 0.29) is 5.91 Å². The summed E-state index contributed by atoms with van der Waals surface area (Å²) in [6.45, 7) is 6.06. The molecule has 0 fully saturated rings. The van der Waals surface area contributed by atoms with Gasteiger partial charge in [0.1, 0.15) is 6.17 Å². The van der Waals surface area contributed by atoms with Gasteiger partial charge in [0.15, 0.2) is 2.14 Å². The van der Waals surface area contributed by atoms with Gasteiger partial charge in [-0.25, -0.2) is 0 Å². The van der Waals surface area contributed by atoms with Gasteiger partial charge >= 0.3 is 0 Å². The largest absolute Gasteiger partial charge is 0.362 e. The number of benzene rings is 2. The van der Waals surface area contributed by atoms with Crippen molar-refractivity contribution in [2.24, 2.45) is 0 Å². The van der Waals surface area contributed by atoms with Gasteiger partial charge in [0.2, 0.25) is 0 Å². The summed E-state index contributed by atoms with van der Waals surface area (Å²) in [7, 11) is 0. The third-order valence-corrected chi connectivity index (χ3v) is 4.98. The molecule has 2 aromatic carbocycles. The van der Waals surface area contributed by atoms with E-state index >= 15 is 0 Å². The number of hydrogen-bond acceptors (Lipinski definition) is 2. The minimum atomic E-state index is -0.691. The van der Waals surface area contributed by atoms with Crippen molar-refractivity contribution in [1.82, 2.24) is 5.32 Å². The molecule has 0 aliphatic heterocycles. The lowest BCUT2D eigenvalue weighted by Gasteiger charge is -2.29. The van der Waals surface area contributed by atoms with Gasteiger partial charge < -0.3 is 10.6 Å². The van der Waals surface area contributed by atoms with E-state index in [1.165, 1.54) is 0 Å². The second-order valence-electron chi connectivity index (χ2n) is 5.78. The standard InChI is InChI=1S/C18H19Br3N2O/c1-11-5-8-14(9-6-11)16(24)23-17(18(19,20)21)22-15-10-12(2)4-7-13(15)3/h4-10,17,22H,1-3H3,(H,23,24)/t17-/m1/s1. The molecule has 6 heteroatoms. The Bertz CT molecular complexity index is 724. The number of hydrogen-bond donors (Lipinski definition) is 2. The first-order valence-corrected chi connectivity index (χ1v) is 9.83. The van der Waals surface area contributed by atoms with Crippen LogP contribution in [0.1, 0.15) is 27.0 Å². The van der Waals surface area contributed by atoms with Crippen molar-refractivity contribution in [3.63, 3.8) is 0 Å². The summed E-state index contributed by atoms with van der Waals surface area (Å²) >= 11 is 10.5. The highest BCUT2D eigenvalue weighted by Gasteiger charge is 2.32. The van der Waals surface area contributed by atoms with E-state index in [9.17, 15) is 4.79 Å². The van der Waals surface area contributed by atoms with Crippen molar-refractivity contribution in [3.05, 3.63) is 64.7 Å². The smallest absolute Gasteiger partial charge is 0.252 e. The van der Waals surface area contributed by atoms with Crippen molar-refractivity contribution in [1.29, 1.82) is 0 Å². The molecule has 0 bridgehead atoms. The molecule has 2 rings (SSSR count). The van der Waals surface area contributed by atoms with Gasteiger partial charge in [-0.1, -0.05) is 77.6 Å². The van der Waals surface area contributed by atoms with Crippen LogP contribution in [0.15, 0.2) is 42.5 Å². The molecule has 24 heavy (non-hydrogen) atoms. The average Bonchev–Trinajstić information content (AvgIpc) is 2.49. The van der Waals surface area contributed by atoms with Crippen molar-refractivity contribution in [2.75, 3.05) is 5.32 Å². The lowest BCUT2D eigenvalue weighted by Crippen LogP contribution is -2.48. The fourth-order valence-corrected chi connectivity index (χ4v) is 2.85. The third kappa shape index (κ3) is 5.33. The molecule has 0 aliphatic rings. The van der Waals surface area contributed by atoms with Gasteiger partial charge in [0, 0.05) is 11.3 Å². The molecule has 0 spiro atoms. The lowest BCUT2D eigenvalue weighted by atomic mass is 10.1. The highest BCUT2D eigenvalue weighted by molar-refractivity contribution is 9.39. The second kappa shape index (κ2) is 8.02. The maximum absolute atomic E-state index is 12.5. The molecule has 0 aromatic heterocycles. The summed E-state index contributed by atoms with van der Waals surface area (Å²) in [6, 6.07) is 13.6. The molecule has 128 valence electrons. The summed E-state index contributed by atoms with van der Waals surface area (Å²) in [5.74, 6) is -0.152. The maximum atomic E-state index is 12.5. The predicted molar refractivity (Wildman–Crippen MR) is 111 cm³/mol. The highest BCUT2D eigenvalue weighted by Crippen LogP contribution is 2.38. The van der Waals surface area contributed by atoms with Gasteiger partial charge in [0.25, 0.3) is 5.91 Å². The Labute approximate surface area is 168 Å². The van der Waals surface area contributed by atoms with E-state index in [2.05, 4.69) is 76.6 Å². The SMILES string of the molecule is Cc1ccc(C(=O)N[C@@H](Nc2cc(C)ccc2C)C(Br)(Br)Br)cc1. The number of alkyl halides is 3. The average molecular weight is 519 g/mol. The Morgan fingerprint density at radius 1 is 0.958 bits per heavy atom. The van der Waals surface area contributed by atoms with Crippen LogP contribution in [0, 0.1) is 20.8 Å². The van der Waals surface area contributed by atoms with Gasteiger partial charge in [-0.15, -0.1) is 0 Å². The van der Waals surface area contributed by atoms with Gasteiger partial charge in [-0.3, -0.25) is 4.79 Å². The first-order chi connectivity index (χ1) is 11.2. The van der Waals surface area contributed by atoms with Crippen LogP contribution in [0.4, 0.5) is 5.69 Å². The molecule has 2 N–H and O–H groups in total. The van der Waals surface area contributed by atoms with Crippen LogP contribution in [0.3, 0.4) is 0 Å². The van der Waals surface area contributed by atoms with Crippen LogP contribution in [-0.4, -0.2) is 14.2 Å². The Kier molecular flexibility index (Phi) is 6.51. The molecule has 3 nitrogen and oxygen atoms in total. The molecule has 1 atom stereocenters. The fraction of sp³-hybridized carbons (Fsp3) is 0.278. The molecule has 0 heterocycles. The number of halogens is 3. The fourth-order valence-electron chi connectivity index (χ4n) is 2.17. The normalized spacial score (nSPS) is 12.6. The molecule has 0 saturated carbocycles. The van der Waals surface area contributed by atoms with Crippen LogP contribution >= 0.6 is 47.8 Å². The molecular formula is C18H19Br3N2O. The Hall–Kier alpha value is -0.850. The van der Waals surface area contributed by atoms with E-state index in [4.69, 9.17) is 0 Å². The van der Waals surface area contributed by atoms with Crippen LogP contribution in [0.2, 0.25) is 0 Å². The molecule has 2 aromatic rings. The summed E-state index contributed by atoms with van der Waals surface area (Å²) in [5, 5.41) is 6.36. The Morgan fingerprint density at radius 3 is 2.12 bits per heavy atom. The number of carbonyl (C=O) groups excluding carboxylic acids is 1. The number of anilines is 1. The van der Waals surface area contributed by atoms with E-state index < -0.39 is 8.31 Å². The maximum Gasteiger partial charge on any atom is 0.252 e. The number of aryl methyl sites for hydroxylation is 3. The van der Waals surface area contributed by atoms with Gasteiger partial charge in [0.05, 0.1) is 0 Å². The number of rotatable bonds is 4. The van der Waals surface area contributed by atoms with E-state index in [1.54, 1.807) is 0 Å². The van der Waals surface area contributed by atoms with E-state index in [1.807, 2.05) is 45.0 Å². The quantitative estimate of drug-likeness (QED) is 0.407. The van der Waals surface area contributed by atoms with Gasteiger partial charge in [-0.05, 0) is 50.1 Å². The minimum Gasteiger partial charge on any atom is -0.362 e. The zero-order valence-electron chi connectivity index (χ0n) is 13.7. The Balaban J connectivity index is 2.21. The summed E-state index contributed by atoms with van der Waals surface area (Å²) < 4.78 is -0.691. The first kappa shape index (κ1) is 19.5. The van der Waals surface area contributed by atoms with Crippen molar-refractivity contribution in [3.8, 4) is 0 Å². The molecule has 1 amide bonds. The molecule has 0 radical (unpaired) electrons. The van der Waals surface area contributed by atoms with E-state index in [0.717, 1.165) is 22.4 Å². The van der Waals surface area contributed by atoms with Crippen molar-refractivity contribution < 1.29 is 4.79 Å². The van der Waals surface area contributed by atoms with Gasteiger partial charge in [-0.2, -0.15) is 0 Å². The molecule has 0 unspecified atom stereocenters. The van der Waals surface area contributed by atoms with Crippen LogP contribution in [0.25, 0.3) is 0 Å². The Morgan fingerprint density at radius 2 is 1.54 bits per heavy atom. The molecule has 0 saturated heterocycles. The highest BCUT2D eigenvalue weighted by atomic mass is 80.0. The third-order valence-electron chi connectivity index (χ3n) is 3.61. The molecule has 0 aliphatic carbocycles. The minimum absolute atomic E-state index is 0.152. The second-order valence-corrected chi connectivity index (χ2v) is 12.7. The number of carbonyl (C=O) groups is 1. The number of amides is 1. The van der Waals surface area contributed by atoms with Crippen molar-refractivity contribution >= 4 is 59.4 Å². The first-order valence-electron chi connectivity index (χ1n) is 7.45. The lowest BCUT2D eigenvalue weighted by molar-refractivity contribution is 0.0943. The van der Waals surface area contributed by atoms with Crippen LogP contribution in [0.5, 0.6) is 0 Å². The van der Waals surface area contributed by atoms with Crippen molar-refractivity contribution in [2.45, 2.75) is 29.1 Å².